The molecule has 132 valence electrons. The molecule has 2 unspecified atom stereocenters. The number of rotatable bonds is 2. The Labute approximate surface area is 169 Å². The average molecular weight is 413 g/mol. The van der Waals surface area contributed by atoms with Gasteiger partial charge in [0.05, 0.1) is 5.41 Å². The molecule has 3 aromatic rings. The molecule has 0 nitrogen and oxygen atoms in total. The van der Waals surface area contributed by atoms with E-state index in [4.69, 9.17) is 0 Å². The molecule has 3 aromatic carbocycles. The van der Waals surface area contributed by atoms with Crippen LogP contribution in [0.1, 0.15) is 29.2 Å². The van der Waals surface area contributed by atoms with Crippen LogP contribution in [-0.4, -0.2) is 4.83 Å². The number of hydrogen-bond acceptors (Lipinski definition) is 0. The van der Waals surface area contributed by atoms with Crippen LogP contribution in [0, 0.1) is 5.92 Å². The van der Waals surface area contributed by atoms with Gasteiger partial charge in [-0.15, -0.1) is 0 Å². The maximum absolute atomic E-state index is 3.91. The predicted octanol–water partition coefficient (Wildman–Crippen LogP) is 6.76. The van der Waals surface area contributed by atoms with Crippen molar-refractivity contribution in [1.29, 1.82) is 0 Å². The van der Waals surface area contributed by atoms with Crippen molar-refractivity contribution >= 4 is 21.5 Å². The summed E-state index contributed by atoms with van der Waals surface area (Å²) in [5.41, 5.74) is 7.93. The van der Waals surface area contributed by atoms with E-state index in [2.05, 4.69) is 120 Å². The number of hydrogen-bond donors (Lipinski definition) is 0. The minimum atomic E-state index is -0.267. The molecule has 0 aromatic heterocycles. The van der Waals surface area contributed by atoms with Gasteiger partial charge in [0.1, 0.15) is 0 Å². The Kier molecular flexibility index (Phi) is 3.94. The van der Waals surface area contributed by atoms with Gasteiger partial charge in [-0.25, -0.2) is 0 Å². The maximum atomic E-state index is 3.91. The van der Waals surface area contributed by atoms with E-state index in [1.165, 1.54) is 33.4 Å². The minimum Gasteiger partial charge on any atom is -0.0839 e. The van der Waals surface area contributed by atoms with Gasteiger partial charge in [-0.05, 0) is 39.3 Å². The van der Waals surface area contributed by atoms with Crippen LogP contribution in [0.25, 0.3) is 5.57 Å². The molecule has 2 atom stereocenters. The third kappa shape index (κ3) is 2.34. The molecule has 2 aliphatic carbocycles. The Morgan fingerprint density at radius 2 is 1.26 bits per heavy atom. The topological polar surface area (TPSA) is 0 Å². The van der Waals surface area contributed by atoms with Gasteiger partial charge in [0.2, 0.25) is 0 Å². The number of fused-ring (bicyclic) bond motifs is 3. The van der Waals surface area contributed by atoms with Crippen molar-refractivity contribution in [1.82, 2.24) is 0 Å². The van der Waals surface area contributed by atoms with Gasteiger partial charge in [-0.2, -0.15) is 0 Å². The smallest absolute Gasteiger partial charge is 0.0710 e. The van der Waals surface area contributed by atoms with E-state index in [-0.39, 0.29) is 5.41 Å². The highest BCUT2D eigenvalue weighted by atomic mass is 79.9. The first kappa shape index (κ1) is 16.8. The van der Waals surface area contributed by atoms with Crippen molar-refractivity contribution in [3.63, 3.8) is 0 Å². The summed E-state index contributed by atoms with van der Waals surface area (Å²) in [6.45, 7) is 2.29. The average Bonchev–Trinajstić information content (AvgIpc) is 3.00. The molecular formula is C26H21Br. The molecule has 0 fully saturated rings. The molecule has 0 heterocycles. The molecule has 1 heteroatoms. The molecule has 5 rings (SSSR count). The summed E-state index contributed by atoms with van der Waals surface area (Å²) in [6, 6.07) is 30.8. The summed E-state index contributed by atoms with van der Waals surface area (Å²) in [4.78, 5) is 0.345. The molecule has 0 radical (unpaired) electrons. The summed E-state index contributed by atoms with van der Waals surface area (Å²) < 4.78 is 0. The Balaban J connectivity index is 1.93. The fraction of sp³-hybridized carbons (Fsp3) is 0.154. The summed E-state index contributed by atoms with van der Waals surface area (Å²) in [6.07, 6.45) is 4.89. The molecule has 0 amide bonds. The summed E-state index contributed by atoms with van der Waals surface area (Å²) in [7, 11) is 0. The van der Waals surface area contributed by atoms with E-state index in [1.54, 1.807) is 0 Å². The predicted molar refractivity (Wildman–Crippen MR) is 117 cm³/mol. The maximum Gasteiger partial charge on any atom is 0.0710 e. The second kappa shape index (κ2) is 6.35. The summed E-state index contributed by atoms with van der Waals surface area (Å²) >= 11 is 3.91. The first-order chi connectivity index (χ1) is 13.2. The lowest BCUT2D eigenvalue weighted by atomic mass is 9.66. The number of allylic oxidation sites excluding steroid dienone is 4. The Hall–Kier alpha value is -2.38. The molecule has 0 spiro atoms. The highest BCUT2D eigenvalue weighted by molar-refractivity contribution is 9.09. The zero-order chi connectivity index (χ0) is 18.4. The molecule has 27 heavy (non-hydrogen) atoms. The van der Waals surface area contributed by atoms with Crippen molar-refractivity contribution in [3.05, 3.63) is 125 Å². The molecule has 2 aliphatic rings. The van der Waals surface area contributed by atoms with Crippen LogP contribution in [0.4, 0.5) is 0 Å². The third-order valence-corrected chi connectivity index (χ3v) is 7.08. The van der Waals surface area contributed by atoms with E-state index in [1.807, 2.05) is 0 Å². The van der Waals surface area contributed by atoms with E-state index >= 15 is 0 Å². The largest absolute Gasteiger partial charge is 0.0839 e. The SMILES string of the molecule is CC1C=C2C(=CC1Br)C(c1ccccc1)(c1ccccc1)c1ccccc12. The zero-order valence-corrected chi connectivity index (χ0v) is 16.9. The third-order valence-electron chi connectivity index (χ3n) is 5.99. The van der Waals surface area contributed by atoms with Crippen LogP contribution in [0.2, 0.25) is 0 Å². The molecule has 0 aliphatic heterocycles. The van der Waals surface area contributed by atoms with Gasteiger partial charge < -0.3 is 0 Å². The second-order valence-electron chi connectivity index (χ2n) is 7.49. The number of halogens is 1. The molecule has 0 saturated heterocycles. The monoisotopic (exact) mass is 412 g/mol. The Morgan fingerprint density at radius 3 is 1.89 bits per heavy atom. The first-order valence-electron chi connectivity index (χ1n) is 9.52. The van der Waals surface area contributed by atoms with Crippen molar-refractivity contribution in [3.8, 4) is 0 Å². The molecule has 0 bridgehead atoms. The highest BCUT2D eigenvalue weighted by Crippen LogP contribution is 2.58. The summed E-state index contributed by atoms with van der Waals surface area (Å²) in [5, 5.41) is 0. The highest BCUT2D eigenvalue weighted by Gasteiger charge is 2.49. The van der Waals surface area contributed by atoms with Crippen molar-refractivity contribution in [2.75, 3.05) is 0 Å². The first-order valence-corrected chi connectivity index (χ1v) is 10.4. The fourth-order valence-electron chi connectivity index (χ4n) is 4.76. The second-order valence-corrected chi connectivity index (χ2v) is 8.55. The van der Waals surface area contributed by atoms with Crippen molar-refractivity contribution < 1.29 is 0 Å². The van der Waals surface area contributed by atoms with Crippen LogP contribution >= 0.6 is 15.9 Å². The Bertz CT molecular complexity index is 1000. The van der Waals surface area contributed by atoms with E-state index in [9.17, 15) is 0 Å². The van der Waals surface area contributed by atoms with Gasteiger partial charge in [-0.1, -0.05) is 120 Å². The van der Waals surface area contributed by atoms with Crippen LogP contribution in [0.5, 0.6) is 0 Å². The number of alkyl halides is 1. The lowest BCUT2D eigenvalue weighted by Crippen LogP contribution is -2.30. The van der Waals surface area contributed by atoms with Gasteiger partial charge >= 0.3 is 0 Å². The van der Waals surface area contributed by atoms with Crippen molar-refractivity contribution in [2.24, 2.45) is 5.92 Å². The van der Waals surface area contributed by atoms with Crippen LogP contribution < -0.4 is 0 Å². The molecule has 0 saturated carbocycles. The lowest BCUT2D eigenvalue weighted by Gasteiger charge is -2.36. The normalized spacial score (nSPS) is 22.4. The number of benzene rings is 3. The van der Waals surface area contributed by atoms with Crippen molar-refractivity contribution in [2.45, 2.75) is 17.2 Å². The van der Waals surface area contributed by atoms with Gasteiger partial charge in [0, 0.05) is 4.83 Å². The van der Waals surface area contributed by atoms with E-state index in [0.717, 1.165) is 0 Å². The zero-order valence-electron chi connectivity index (χ0n) is 15.3. The van der Waals surface area contributed by atoms with Crippen LogP contribution in [0.15, 0.2) is 103 Å². The standard InChI is InChI=1S/C26H21Br/c1-18-16-22-21-14-8-9-15-23(21)26(24(22)17-25(18)27,19-10-4-2-5-11-19)20-12-6-3-7-13-20/h2-18,25H,1H3. The Morgan fingerprint density at radius 1 is 0.704 bits per heavy atom. The fourth-order valence-corrected chi connectivity index (χ4v) is 5.18. The minimum absolute atomic E-state index is 0.267. The van der Waals surface area contributed by atoms with Gasteiger partial charge in [-0.3, -0.25) is 0 Å². The quantitative estimate of drug-likeness (QED) is 0.407. The van der Waals surface area contributed by atoms with Gasteiger partial charge in [0.25, 0.3) is 0 Å². The van der Waals surface area contributed by atoms with Gasteiger partial charge in [0.15, 0.2) is 0 Å². The van der Waals surface area contributed by atoms with Crippen LogP contribution in [-0.2, 0) is 5.41 Å². The summed E-state index contributed by atoms with van der Waals surface area (Å²) in [5.74, 6) is 0.471. The molecular weight excluding hydrogens is 392 g/mol. The van der Waals surface area contributed by atoms with E-state index in [0.29, 0.717) is 10.7 Å². The molecule has 0 N–H and O–H groups in total. The lowest BCUT2D eigenvalue weighted by molar-refractivity contribution is 0.720. The van der Waals surface area contributed by atoms with E-state index < -0.39 is 0 Å². The van der Waals surface area contributed by atoms with Crippen LogP contribution in [0.3, 0.4) is 0 Å².